The molecule has 0 saturated carbocycles. The number of carbonyl (C=O) groups is 2. The first-order valence-corrected chi connectivity index (χ1v) is 9.12. The van der Waals surface area contributed by atoms with E-state index in [0.717, 1.165) is 28.6 Å². The van der Waals surface area contributed by atoms with Crippen LogP contribution >= 0.6 is 15.9 Å². The van der Waals surface area contributed by atoms with E-state index < -0.39 is 5.60 Å². The molecule has 1 atom stereocenters. The van der Waals surface area contributed by atoms with Crippen molar-refractivity contribution in [2.24, 2.45) is 5.92 Å². The number of likely N-dealkylation sites (tertiary alicyclic amines) is 1. The van der Waals surface area contributed by atoms with E-state index in [1.54, 1.807) is 4.90 Å². The Morgan fingerprint density at radius 3 is 2.58 bits per heavy atom. The Kier molecular flexibility index (Phi) is 4.60. The highest BCUT2D eigenvalue weighted by atomic mass is 79.9. The molecule has 1 unspecified atom stereocenters. The van der Waals surface area contributed by atoms with Crippen LogP contribution in [0, 0.1) is 5.92 Å². The van der Waals surface area contributed by atoms with Crippen LogP contribution in [0.3, 0.4) is 0 Å². The summed E-state index contributed by atoms with van der Waals surface area (Å²) in [5, 5.41) is 2.97. The average molecular weight is 395 g/mol. The highest BCUT2D eigenvalue weighted by Gasteiger charge is 2.39. The van der Waals surface area contributed by atoms with E-state index in [1.807, 2.05) is 39.0 Å². The predicted octanol–water partition coefficient (Wildman–Crippen LogP) is 4.13. The van der Waals surface area contributed by atoms with E-state index in [9.17, 15) is 9.59 Å². The second kappa shape index (κ2) is 6.39. The number of hydrogen-bond donors (Lipinski definition) is 1. The number of anilines is 1. The van der Waals surface area contributed by atoms with Crippen molar-refractivity contribution in [1.82, 2.24) is 4.90 Å². The van der Waals surface area contributed by atoms with Gasteiger partial charge in [-0.3, -0.25) is 4.79 Å². The van der Waals surface area contributed by atoms with E-state index in [4.69, 9.17) is 4.74 Å². The number of carbonyl (C=O) groups excluding carboxylic acids is 2. The molecule has 24 heavy (non-hydrogen) atoms. The van der Waals surface area contributed by atoms with Gasteiger partial charge in [-0.1, -0.05) is 15.9 Å². The third-order valence-electron chi connectivity index (χ3n) is 4.55. The van der Waals surface area contributed by atoms with Gasteiger partial charge in [-0.25, -0.2) is 4.79 Å². The Morgan fingerprint density at radius 2 is 1.96 bits per heavy atom. The number of halogens is 1. The molecule has 5 nitrogen and oxygen atoms in total. The Hall–Kier alpha value is -1.56. The number of hydrogen-bond acceptors (Lipinski definition) is 3. The van der Waals surface area contributed by atoms with Gasteiger partial charge in [0.05, 0.1) is 5.92 Å². The van der Waals surface area contributed by atoms with Crippen LogP contribution in [-0.4, -0.2) is 35.6 Å². The van der Waals surface area contributed by atoms with Crippen LogP contribution in [0.4, 0.5) is 10.5 Å². The van der Waals surface area contributed by atoms with Crippen molar-refractivity contribution in [3.8, 4) is 0 Å². The molecule has 1 N–H and O–H groups in total. The number of nitrogens with one attached hydrogen (secondary N) is 1. The summed E-state index contributed by atoms with van der Waals surface area (Å²) in [5.41, 5.74) is 1.48. The first kappa shape index (κ1) is 17.3. The van der Waals surface area contributed by atoms with Crippen molar-refractivity contribution in [2.75, 3.05) is 18.4 Å². The summed E-state index contributed by atoms with van der Waals surface area (Å²) < 4.78 is 6.41. The summed E-state index contributed by atoms with van der Waals surface area (Å²) in [6.07, 6.45) is 1.35. The number of benzene rings is 1. The fraction of sp³-hybridized carbons (Fsp3) is 0.556. The van der Waals surface area contributed by atoms with Crippen LogP contribution < -0.4 is 5.32 Å². The third kappa shape index (κ3) is 3.58. The first-order chi connectivity index (χ1) is 11.2. The van der Waals surface area contributed by atoms with Crippen molar-refractivity contribution in [3.05, 3.63) is 28.2 Å². The molecule has 1 aromatic carbocycles. The maximum atomic E-state index is 12.4. The van der Waals surface area contributed by atoms with Gasteiger partial charge in [0.2, 0.25) is 5.91 Å². The zero-order chi connectivity index (χ0) is 17.5. The minimum atomic E-state index is -0.482. The second-order valence-corrected chi connectivity index (χ2v) is 8.42. The van der Waals surface area contributed by atoms with Crippen LogP contribution in [0.1, 0.15) is 45.1 Å². The monoisotopic (exact) mass is 394 g/mol. The fourth-order valence-corrected chi connectivity index (χ4v) is 3.85. The Bertz CT molecular complexity index is 661. The van der Waals surface area contributed by atoms with Gasteiger partial charge in [0.25, 0.3) is 0 Å². The SMILES string of the molecule is CC(C)(C)OC(=O)N1CCC(C2C(=O)Nc3ccc(Br)cc32)CC1. The van der Waals surface area contributed by atoms with Crippen molar-refractivity contribution in [1.29, 1.82) is 0 Å². The number of rotatable bonds is 1. The maximum absolute atomic E-state index is 12.4. The molecule has 2 aliphatic rings. The lowest BCUT2D eigenvalue weighted by atomic mass is 9.81. The van der Waals surface area contributed by atoms with E-state index in [0.29, 0.717) is 13.1 Å². The third-order valence-corrected chi connectivity index (χ3v) is 5.04. The van der Waals surface area contributed by atoms with Gasteiger partial charge >= 0.3 is 6.09 Å². The molecule has 130 valence electrons. The molecule has 1 aromatic rings. The molecule has 0 aromatic heterocycles. The minimum Gasteiger partial charge on any atom is -0.444 e. The van der Waals surface area contributed by atoms with Crippen molar-refractivity contribution in [2.45, 2.75) is 45.1 Å². The van der Waals surface area contributed by atoms with Gasteiger partial charge in [-0.2, -0.15) is 0 Å². The van der Waals surface area contributed by atoms with E-state index in [-0.39, 0.29) is 23.8 Å². The van der Waals surface area contributed by atoms with E-state index in [2.05, 4.69) is 21.2 Å². The number of amides is 2. The Morgan fingerprint density at radius 1 is 1.29 bits per heavy atom. The van der Waals surface area contributed by atoms with E-state index in [1.165, 1.54) is 0 Å². The number of fused-ring (bicyclic) bond motifs is 1. The molecule has 0 radical (unpaired) electrons. The molecule has 2 heterocycles. The van der Waals surface area contributed by atoms with Crippen LogP contribution in [0.15, 0.2) is 22.7 Å². The smallest absolute Gasteiger partial charge is 0.410 e. The van der Waals surface area contributed by atoms with Gasteiger partial charge in [-0.05, 0) is 63.3 Å². The summed E-state index contributed by atoms with van der Waals surface area (Å²) in [5.74, 6) is 0.191. The second-order valence-electron chi connectivity index (χ2n) is 7.50. The topological polar surface area (TPSA) is 58.6 Å². The molecule has 6 heteroatoms. The molecule has 1 fully saturated rings. The summed E-state index contributed by atoms with van der Waals surface area (Å²) in [7, 11) is 0. The average Bonchev–Trinajstić information content (AvgIpc) is 2.81. The van der Waals surface area contributed by atoms with E-state index >= 15 is 0 Å². The van der Waals surface area contributed by atoms with Gasteiger partial charge in [0.1, 0.15) is 5.60 Å². The molecule has 0 aliphatic carbocycles. The van der Waals surface area contributed by atoms with Crippen LogP contribution in [0.5, 0.6) is 0 Å². The summed E-state index contributed by atoms with van der Waals surface area (Å²) in [4.78, 5) is 26.3. The molecule has 0 bridgehead atoms. The van der Waals surface area contributed by atoms with Crippen LogP contribution in [0.25, 0.3) is 0 Å². The number of piperidine rings is 1. The predicted molar refractivity (Wildman–Crippen MR) is 96.0 cm³/mol. The van der Waals surface area contributed by atoms with Crippen LogP contribution in [0.2, 0.25) is 0 Å². The molecule has 0 spiro atoms. The summed E-state index contributed by atoms with van der Waals surface area (Å²) >= 11 is 3.48. The summed E-state index contributed by atoms with van der Waals surface area (Å²) in [6, 6.07) is 5.90. The Labute approximate surface area is 150 Å². The molecule has 2 amide bonds. The molecule has 2 aliphatic heterocycles. The fourth-order valence-electron chi connectivity index (χ4n) is 3.47. The Balaban J connectivity index is 1.67. The van der Waals surface area contributed by atoms with Gasteiger partial charge < -0.3 is 15.0 Å². The van der Waals surface area contributed by atoms with Crippen LogP contribution in [-0.2, 0) is 9.53 Å². The van der Waals surface area contributed by atoms with Gasteiger partial charge in [-0.15, -0.1) is 0 Å². The van der Waals surface area contributed by atoms with Gasteiger partial charge in [0.15, 0.2) is 0 Å². The highest BCUT2D eigenvalue weighted by molar-refractivity contribution is 9.10. The lowest BCUT2D eigenvalue weighted by molar-refractivity contribution is -0.118. The highest BCUT2D eigenvalue weighted by Crippen LogP contribution is 2.42. The molecular formula is C18H23BrN2O3. The van der Waals surface area contributed by atoms with Crippen molar-refractivity contribution < 1.29 is 14.3 Å². The molecular weight excluding hydrogens is 372 g/mol. The first-order valence-electron chi connectivity index (χ1n) is 8.33. The quantitative estimate of drug-likeness (QED) is 0.778. The standard InChI is InChI=1S/C18H23BrN2O3/c1-18(2,3)24-17(23)21-8-6-11(7-9-21)15-13-10-12(19)4-5-14(13)20-16(15)22/h4-5,10-11,15H,6-9H2,1-3H3,(H,20,22). The minimum absolute atomic E-state index is 0.0684. The zero-order valence-corrected chi connectivity index (χ0v) is 15.9. The number of ether oxygens (including phenoxy) is 1. The largest absolute Gasteiger partial charge is 0.444 e. The maximum Gasteiger partial charge on any atom is 0.410 e. The summed E-state index contributed by atoms with van der Waals surface area (Å²) in [6.45, 7) is 6.87. The van der Waals surface area contributed by atoms with Gasteiger partial charge in [0, 0.05) is 23.2 Å². The van der Waals surface area contributed by atoms with Crippen molar-refractivity contribution >= 4 is 33.6 Å². The zero-order valence-electron chi connectivity index (χ0n) is 14.3. The van der Waals surface area contributed by atoms with Crippen molar-refractivity contribution in [3.63, 3.8) is 0 Å². The number of nitrogens with zero attached hydrogens (tertiary/aromatic N) is 1. The lowest BCUT2D eigenvalue weighted by Crippen LogP contribution is -2.43. The molecule has 3 rings (SSSR count). The molecule has 1 saturated heterocycles. The lowest BCUT2D eigenvalue weighted by Gasteiger charge is -2.35. The normalized spacial score (nSPS) is 21.4.